The largest absolute Gasteiger partial charge is 0.507 e. The van der Waals surface area contributed by atoms with E-state index in [0.29, 0.717) is 5.56 Å². The number of hydrogen-bond donors (Lipinski definition) is 2. The molecule has 0 bridgehead atoms. The average Bonchev–Trinajstić information content (AvgIpc) is 1.94. The summed E-state index contributed by atoms with van der Waals surface area (Å²) in [5, 5.41) is 9.24. The Morgan fingerprint density at radius 3 is 2.64 bits per heavy atom. The van der Waals surface area contributed by atoms with Crippen molar-refractivity contribution in [3.63, 3.8) is 0 Å². The molecule has 3 N–H and O–H groups in total. The summed E-state index contributed by atoms with van der Waals surface area (Å²) in [6.45, 7) is 1.92. The second-order valence-electron chi connectivity index (χ2n) is 2.38. The number of phenolic OH excluding ortho intramolecular Hbond substituents is 1. The standard InChI is InChI=1S/C8H9NOS/c1-5-2-3-7(10)6(4-5)8(9)11/h2-4,10H,1H3,(H2,9,11). The Labute approximate surface area is 70.7 Å². The number of benzene rings is 1. The first-order chi connectivity index (χ1) is 5.11. The van der Waals surface area contributed by atoms with E-state index < -0.39 is 0 Å². The highest BCUT2D eigenvalue weighted by atomic mass is 32.1. The summed E-state index contributed by atoms with van der Waals surface area (Å²) in [6, 6.07) is 5.15. The summed E-state index contributed by atoms with van der Waals surface area (Å²) in [7, 11) is 0. The maximum Gasteiger partial charge on any atom is 0.125 e. The normalized spacial score (nSPS) is 9.55. The number of aromatic hydroxyl groups is 1. The number of phenols is 1. The molecule has 0 aromatic heterocycles. The lowest BCUT2D eigenvalue weighted by molar-refractivity contribution is 0.474. The topological polar surface area (TPSA) is 46.2 Å². The van der Waals surface area contributed by atoms with Gasteiger partial charge in [-0.2, -0.15) is 0 Å². The molecule has 11 heavy (non-hydrogen) atoms. The number of rotatable bonds is 1. The van der Waals surface area contributed by atoms with Gasteiger partial charge in [-0.05, 0) is 19.1 Å². The Morgan fingerprint density at radius 2 is 2.18 bits per heavy atom. The Kier molecular flexibility index (Phi) is 2.10. The van der Waals surface area contributed by atoms with E-state index in [-0.39, 0.29) is 10.7 Å². The van der Waals surface area contributed by atoms with Crippen molar-refractivity contribution >= 4 is 17.2 Å². The minimum Gasteiger partial charge on any atom is -0.507 e. The molecule has 1 aromatic carbocycles. The van der Waals surface area contributed by atoms with Crippen LogP contribution in [0.5, 0.6) is 5.75 Å². The highest BCUT2D eigenvalue weighted by Gasteiger charge is 2.02. The van der Waals surface area contributed by atoms with E-state index in [2.05, 4.69) is 0 Å². The van der Waals surface area contributed by atoms with Crippen LogP contribution in [0.4, 0.5) is 0 Å². The fraction of sp³-hybridized carbons (Fsp3) is 0.125. The molecule has 0 radical (unpaired) electrons. The lowest BCUT2D eigenvalue weighted by Crippen LogP contribution is -2.09. The zero-order valence-corrected chi connectivity index (χ0v) is 6.98. The second kappa shape index (κ2) is 2.88. The van der Waals surface area contributed by atoms with E-state index in [4.69, 9.17) is 18.0 Å². The van der Waals surface area contributed by atoms with Crippen molar-refractivity contribution in [1.29, 1.82) is 0 Å². The van der Waals surface area contributed by atoms with Gasteiger partial charge in [0.05, 0.1) is 5.56 Å². The van der Waals surface area contributed by atoms with Crippen LogP contribution in [-0.4, -0.2) is 10.1 Å². The molecule has 0 fully saturated rings. The molecule has 0 aliphatic rings. The third kappa shape index (κ3) is 1.68. The van der Waals surface area contributed by atoms with Gasteiger partial charge in [-0.3, -0.25) is 0 Å². The number of hydrogen-bond acceptors (Lipinski definition) is 2. The average molecular weight is 167 g/mol. The van der Waals surface area contributed by atoms with Gasteiger partial charge in [0.15, 0.2) is 0 Å². The minimum atomic E-state index is 0.142. The lowest BCUT2D eigenvalue weighted by atomic mass is 10.1. The van der Waals surface area contributed by atoms with Gasteiger partial charge in [0.25, 0.3) is 0 Å². The van der Waals surface area contributed by atoms with E-state index in [1.165, 1.54) is 0 Å². The van der Waals surface area contributed by atoms with Gasteiger partial charge in [-0.1, -0.05) is 23.8 Å². The quantitative estimate of drug-likeness (QED) is 0.620. The van der Waals surface area contributed by atoms with E-state index in [1.54, 1.807) is 18.2 Å². The molecule has 0 saturated heterocycles. The van der Waals surface area contributed by atoms with Gasteiger partial charge in [0, 0.05) is 0 Å². The predicted molar refractivity (Wildman–Crippen MR) is 48.7 cm³/mol. The van der Waals surface area contributed by atoms with E-state index in [1.807, 2.05) is 6.92 Å². The molecule has 0 saturated carbocycles. The van der Waals surface area contributed by atoms with Crippen molar-refractivity contribution in [1.82, 2.24) is 0 Å². The summed E-state index contributed by atoms with van der Waals surface area (Å²) in [6.07, 6.45) is 0. The molecule has 3 heteroatoms. The maximum atomic E-state index is 9.24. The van der Waals surface area contributed by atoms with Gasteiger partial charge in [0.2, 0.25) is 0 Å². The first-order valence-corrected chi connectivity index (χ1v) is 3.61. The van der Waals surface area contributed by atoms with Crippen molar-refractivity contribution in [3.8, 4) is 5.75 Å². The summed E-state index contributed by atoms with van der Waals surface area (Å²) >= 11 is 4.73. The Bertz CT molecular complexity index is 296. The fourth-order valence-corrected chi connectivity index (χ4v) is 1.01. The third-order valence-corrected chi connectivity index (χ3v) is 1.64. The molecule has 58 valence electrons. The molecule has 0 spiro atoms. The van der Waals surface area contributed by atoms with E-state index >= 15 is 0 Å². The van der Waals surface area contributed by atoms with Crippen LogP contribution in [0.25, 0.3) is 0 Å². The lowest BCUT2D eigenvalue weighted by Gasteiger charge is -2.02. The fourth-order valence-electron chi connectivity index (χ4n) is 0.847. The molecule has 0 heterocycles. The van der Waals surface area contributed by atoms with Crippen molar-refractivity contribution < 1.29 is 5.11 Å². The van der Waals surface area contributed by atoms with Gasteiger partial charge in [-0.25, -0.2) is 0 Å². The van der Waals surface area contributed by atoms with Crippen LogP contribution in [0, 0.1) is 6.92 Å². The number of nitrogens with two attached hydrogens (primary N) is 1. The Balaban J connectivity index is 3.23. The van der Waals surface area contributed by atoms with Gasteiger partial charge >= 0.3 is 0 Å². The van der Waals surface area contributed by atoms with E-state index in [9.17, 15) is 5.11 Å². The molecular formula is C8H9NOS. The van der Waals surface area contributed by atoms with Crippen LogP contribution >= 0.6 is 12.2 Å². The monoisotopic (exact) mass is 167 g/mol. The van der Waals surface area contributed by atoms with E-state index in [0.717, 1.165) is 5.56 Å². The highest BCUT2D eigenvalue weighted by molar-refractivity contribution is 7.80. The Morgan fingerprint density at radius 1 is 1.55 bits per heavy atom. The molecule has 0 aliphatic carbocycles. The van der Waals surface area contributed by atoms with Crippen LogP contribution in [0.2, 0.25) is 0 Å². The highest BCUT2D eigenvalue weighted by Crippen LogP contribution is 2.17. The first-order valence-electron chi connectivity index (χ1n) is 3.20. The van der Waals surface area contributed by atoms with Gasteiger partial charge in [-0.15, -0.1) is 0 Å². The second-order valence-corrected chi connectivity index (χ2v) is 2.82. The molecule has 0 amide bonds. The molecule has 2 nitrogen and oxygen atoms in total. The predicted octanol–water partition coefficient (Wildman–Crippen LogP) is 1.33. The number of thiocarbonyl (C=S) groups is 1. The third-order valence-electron chi connectivity index (χ3n) is 1.42. The van der Waals surface area contributed by atoms with Crippen LogP contribution in [0.1, 0.15) is 11.1 Å². The van der Waals surface area contributed by atoms with Crippen LogP contribution in [0.3, 0.4) is 0 Å². The smallest absolute Gasteiger partial charge is 0.125 e. The van der Waals surface area contributed by atoms with Crippen LogP contribution in [0.15, 0.2) is 18.2 Å². The summed E-state index contributed by atoms with van der Waals surface area (Å²) in [4.78, 5) is 0.228. The molecule has 0 aliphatic heterocycles. The zero-order chi connectivity index (χ0) is 8.43. The van der Waals surface area contributed by atoms with Crippen LogP contribution < -0.4 is 5.73 Å². The molecule has 0 atom stereocenters. The summed E-state index contributed by atoms with van der Waals surface area (Å²) in [5.74, 6) is 0.142. The van der Waals surface area contributed by atoms with Crippen LogP contribution in [-0.2, 0) is 0 Å². The van der Waals surface area contributed by atoms with Crippen molar-refractivity contribution in [2.24, 2.45) is 5.73 Å². The number of aryl methyl sites for hydroxylation is 1. The van der Waals surface area contributed by atoms with Gasteiger partial charge in [0.1, 0.15) is 10.7 Å². The summed E-state index contributed by atoms with van der Waals surface area (Å²) < 4.78 is 0. The molecule has 0 unspecified atom stereocenters. The van der Waals surface area contributed by atoms with Gasteiger partial charge < -0.3 is 10.8 Å². The molecule has 1 aromatic rings. The van der Waals surface area contributed by atoms with Crippen molar-refractivity contribution in [3.05, 3.63) is 29.3 Å². The summed E-state index contributed by atoms with van der Waals surface area (Å²) in [5.41, 5.74) is 6.93. The Hall–Kier alpha value is -1.09. The molecule has 1 rings (SSSR count). The molecular weight excluding hydrogens is 158 g/mol. The SMILES string of the molecule is Cc1ccc(O)c(C(N)=S)c1. The zero-order valence-electron chi connectivity index (χ0n) is 6.16. The first kappa shape index (κ1) is 8.01. The minimum absolute atomic E-state index is 0.142. The van der Waals surface area contributed by atoms with Crippen molar-refractivity contribution in [2.45, 2.75) is 6.92 Å². The van der Waals surface area contributed by atoms with Crippen molar-refractivity contribution in [2.75, 3.05) is 0 Å². The maximum absolute atomic E-state index is 9.24.